The molecule has 11 heavy (non-hydrogen) atoms. The first-order chi connectivity index (χ1) is 5.20. The highest BCUT2D eigenvalue weighted by Gasteiger charge is 2.05. The molecule has 0 radical (unpaired) electrons. The van der Waals surface area contributed by atoms with Crippen molar-refractivity contribution in [1.82, 2.24) is 0 Å². The van der Waals surface area contributed by atoms with Gasteiger partial charge >= 0.3 is 5.97 Å². The van der Waals surface area contributed by atoms with Crippen LogP contribution in [-0.4, -0.2) is 12.6 Å². The third kappa shape index (κ3) is 5.89. The van der Waals surface area contributed by atoms with E-state index in [2.05, 4.69) is 13.8 Å². The van der Waals surface area contributed by atoms with Gasteiger partial charge in [-0.3, -0.25) is 4.79 Å². The Morgan fingerprint density at radius 1 is 1.45 bits per heavy atom. The summed E-state index contributed by atoms with van der Waals surface area (Å²) in [6.07, 6.45) is 3.42. The van der Waals surface area contributed by atoms with Gasteiger partial charge in [0.2, 0.25) is 0 Å². The van der Waals surface area contributed by atoms with Gasteiger partial charge in [-0.25, -0.2) is 0 Å². The van der Waals surface area contributed by atoms with Crippen LogP contribution in [0.4, 0.5) is 0 Å². The molecule has 0 bridgehead atoms. The Bertz CT molecular complexity index is 110. The lowest BCUT2D eigenvalue weighted by atomic mass is 10.0. The average molecular weight is 158 g/mol. The van der Waals surface area contributed by atoms with Crippen LogP contribution in [0.5, 0.6) is 0 Å². The zero-order chi connectivity index (χ0) is 8.69. The topological polar surface area (TPSA) is 26.3 Å². The Kier molecular flexibility index (Phi) is 5.90. The molecular weight excluding hydrogens is 140 g/mol. The van der Waals surface area contributed by atoms with Gasteiger partial charge in [0.25, 0.3) is 0 Å². The van der Waals surface area contributed by atoms with Crippen LogP contribution in [0, 0.1) is 5.92 Å². The number of hydrogen-bond donors (Lipinski definition) is 0. The van der Waals surface area contributed by atoms with Crippen LogP contribution in [0.15, 0.2) is 0 Å². The minimum Gasteiger partial charge on any atom is -0.466 e. The van der Waals surface area contributed by atoms with Crippen molar-refractivity contribution in [3.8, 4) is 0 Å². The second kappa shape index (κ2) is 6.20. The molecular formula is C9H18O2. The molecule has 2 heteroatoms. The van der Waals surface area contributed by atoms with E-state index in [0.29, 0.717) is 12.5 Å². The summed E-state index contributed by atoms with van der Waals surface area (Å²) in [7, 11) is 0. The maximum Gasteiger partial charge on any atom is 0.302 e. The summed E-state index contributed by atoms with van der Waals surface area (Å²) in [5.74, 6) is 0.392. The van der Waals surface area contributed by atoms with Crippen molar-refractivity contribution >= 4 is 5.97 Å². The molecule has 0 N–H and O–H groups in total. The van der Waals surface area contributed by atoms with Crippen molar-refractivity contribution in [2.24, 2.45) is 5.92 Å². The number of carbonyl (C=O) groups is 1. The summed E-state index contributed by atoms with van der Waals surface area (Å²) in [5.41, 5.74) is 0. The molecule has 0 aliphatic rings. The molecule has 0 fully saturated rings. The first kappa shape index (κ1) is 10.5. The van der Waals surface area contributed by atoms with Gasteiger partial charge in [-0.05, 0) is 12.3 Å². The molecule has 0 saturated heterocycles. The van der Waals surface area contributed by atoms with Crippen molar-refractivity contribution in [3.63, 3.8) is 0 Å². The zero-order valence-electron chi connectivity index (χ0n) is 7.72. The van der Waals surface area contributed by atoms with Gasteiger partial charge in [-0.1, -0.05) is 26.7 Å². The van der Waals surface area contributed by atoms with E-state index in [1.54, 1.807) is 0 Å². The highest BCUT2D eigenvalue weighted by atomic mass is 16.5. The van der Waals surface area contributed by atoms with E-state index < -0.39 is 0 Å². The van der Waals surface area contributed by atoms with Gasteiger partial charge < -0.3 is 4.74 Å². The van der Waals surface area contributed by atoms with Crippen molar-refractivity contribution in [1.29, 1.82) is 0 Å². The molecule has 1 atom stereocenters. The molecule has 2 nitrogen and oxygen atoms in total. The first-order valence-corrected chi connectivity index (χ1v) is 4.34. The van der Waals surface area contributed by atoms with Crippen LogP contribution in [-0.2, 0) is 9.53 Å². The van der Waals surface area contributed by atoms with Gasteiger partial charge in [0.05, 0.1) is 6.61 Å². The lowest BCUT2D eigenvalue weighted by Crippen LogP contribution is -2.11. The number of ether oxygens (including phenoxy) is 1. The van der Waals surface area contributed by atoms with Crippen LogP contribution in [0.1, 0.15) is 40.0 Å². The molecule has 0 aliphatic carbocycles. The average Bonchev–Trinajstić information content (AvgIpc) is 1.97. The maximum atomic E-state index is 10.4. The SMILES string of the molecule is CCCC(CC)COC(C)=O. The van der Waals surface area contributed by atoms with E-state index in [-0.39, 0.29) is 5.97 Å². The van der Waals surface area contributed by atoms with E-state index in [9.17, 15) is 4.79 Å². The molecule has 0 spiro atoms. The summed E-state index contributed by atoms with van der Waals surface area (Å²) in [4.78, 5) is 10.4. The molecule has 0 aromatic rings. The van der Waals surface area contributed by atoms with Gasteiger partial charge in [0, 0.05) is 6.92 Å². The fraction of sp³-hybridized carbons (Fsp3) is 0.889. The number of rotatable bonds is 5. The summed E-state index contributed by atoms with van der Waals surface area (Å²) in [5, 5.41) is 0. The Hall–Kier alpha value is -0.530. The van der Waals surface area contributed by atoms with Crippen molar-refractivity contribution in [2.45, 2.75) is 40.0 Å². The summed E-state index contributed by atoms with van der Waals surface area (Å²) in [6, 6.07) is 0. The van der Waals surface area contributed by atoms with Gasteiger partial charge in [0.1, 0.15) is 0 Å². The summed E-state index contributed by atoms with van der Waals surface area (Å²) < 4.78 is 4.91. The van der Waals surface area contributed by atoms with E-state index in [1.165, 1.54) is 13.3 Å². The van der Waals surface area contributed by atoms with E-state index in [4.69, 9.17) is 4.74 Å². The third-order valence-corrected chi connectivity index (χ3v) is 1.80. The van der Waals surface area contributed by atoms with Crippen LogP contribution >= 0.6 is 0 Å². The zero-order valence-corrected chi connectivity index (χ0v) is 7.72. The van der Waals surface area contributed by atoms with Crippen molar-refractivity contribution in [3.05, 3.63) is 0 Å². The van der Waals surface area contributed by atoms with Crippen LogP contribution in [0.2, 0.25) is 0 Å². The molecule has 1 unspecified atom stereocenters. The van der Waals surface area contributed by atoms with Crippen molar-refractivity contribution in [2.75, 3.05) is 6.61 Å². The summed E-state index contributed by atoms with van der Waals surface area (Å²) in [6.45, 7) is 6.33. The second-order valence-corrected chi connectivity index (χ2v) is 2.87. The Labute approximate surface area is 68.9 Å². The van der Waals surface area contributed by atoms with Crippen molar-refractivity contribution < 1.29 is 9.53 Å². The molecule has 0 aliphatic heterocycles. The Morgan fingerprint density at radius 2 is 2.09 bits per heavy atom. The highest BCUT2D eigenvalue weighted by molar-refractivity contribution is 5.65. The standard InChI is InChI=1S/C9H18O2/c1-4-6-9(5-2)7-11-8(3)10/h9H,4-7H2,1-3H3. The molecule has 0 saturated carbocycles. The number of esters is 1. The minimum absolute atomic E-state index is 0.167. The predicted octanol–water partition coefficient (Wildman–Crippen LogP) is 2.38. The molecule has 0 amide bonds. The van der Waals surface area contributed by atoms with Crippen LogP contribution in [0.25, 0.3) is 0 Å². The molecule has 66 valence electrons. The van der Waals surface area contributed by atoms with Gasteiger partial charge in [-0.2, -0.15) is 0 Å². The quantitative estimate of drug-likeness (QED) is 0.574. The molecule has 0 rings (SSSR count). The second-order valence-electron chi connectivity index (χ2n) is 2.87. The summed E-state index contributed by atoms with van der Waals surface area (Å²) >= 11 is 0. The lowest BCUT2D eigenvalue weighted by molar-refractivity contribution is -0.142. The van der Waals surface area contributed by atoms with Crippen LogP contribution < -0.4 is 0 Å². The maximum absolute atomic E-state index is 10.4. The van der Waals surface area contributed by atoms with Crippen LogP contribution in [0.3, 0.4) is 0 Å². The van der Waals surface area contributed by atoms with E-state index >= 15 is 0 Å². The smallest absolute Gasteiger partial charge is 0.302 e. The third-order valence-electron chi connectivity index (χ3n) is 1.80. The Balaban J connectivity index is 3.43. The van der Waals surface area contributed by atoms with Gasteiger partial charge in [0.15, 0.2) is 0 Å². The largest absolute Gasteiger partial charge is 0.466 e. The molecule has 0 aromatic heterocycles. The monoisotopic (exact) mass is 158 g/mol. The lowest BCUT2D eigenvalue weighted by Gasteiger charge is -2.12. The first-order valence-electron chi connectivity index (χ1n) is 4.34. The molecule has 0 heterocycles. The van der Waals surface area contributed by atoms with E-state index in [1.807, 2.05) is 0 Å². The normalized spacial score (nSPS) is 12.6. The minimum atomic E-state index is -0.167. The highest BCUT2D eigenvalue weighted by Crippen LogP contribution is 2.10. The van der Waals surface area contributed by atoms with E-state index in [0.717, 1.165) is 12.8 Å². The fourth-order valence-electron chi connectivity index (χ4n) is 1.05. The Morgan fingerprint density at radius 3 is 2.45 bits per heavy atom. The fourth-order valence-corrected chi connectivity index (χ4v) is 1.05. The van der Waals surface area contributed by atoms with Gasteiger partial charge in [-0.15, -0.1) is 0 Å². The predicted molar refractivity (Wildman–Crippen MR) is 45.3 cm³/mol. The number of hydrogen-bond acceptors (Lipinski definition) is 2. The number of carbonyl (C=O) groups excluding carboxylic acids is 1. The molecule has 0 aromatic carbocycles.